The third-order valence-corrected chi connectivity index (χ3v) is 4.29. The summed E-state index contributed by atoms with van der Waals surface area (Å²) in [5.41, 5.74) is 6.14. The van der Waals surface area contributed by atoms with E-state index in [1.165, 1.54) is 32.1 Å². The van der Waals surface area contributed by atoms with E-state index in [0.29, 0.717) is 5.92 Å². The maximum absolute atomic E-state index is 12.3. The van der Waals surface area contributed by atoms with E-state index < -0.39 is 0 Å². The lowest BCUT2D eigenvalue weighted by molar-refractivity contribution is 0.0908. The number of benzene rings is 1. The number of phenols is 1. The third-order valence-electron chi connectivity index (χ3n) is 4.29. The van der Waals surface area contributed by atoms with Crippen LogP contribution in [0.15, 0.2) is 18.2 Å². The van der Waals surface area contributed by atoms with Crippen molar-refractivity contribution in [3.63, 3.8) is 0 Å². The standard InChI is InChI=1S/C16H24N2O2/c1-2-14(11-7-4-3-5-8-11)18-16(20)12-9-6-10-13(17)15(12)19/h6,9-11,14,19H,2-5,7-8,17H2,1H3,(H,18,20). The average Bonchev–Trinajstić information content (AvgIpc) is 2.48. The van der Waals surface area contributed by atoms with Gasteiger partial charge in [-0.1, -0.05) is 32.3 Å². The topological polar surface area (TPSA) is 75.4 Å². The monoisotopic (exact) mass is 276 g/mol. The first kappa shape index (κ1) is 14.7. The van der Waals surface area contributed by atoms with Crippen molar-refractivity contribution in [3.8, 4) is 5.75 Å². The molecule has 0 aliphatic heterocycles. The summed E-state index contributed by atoms with van der Waals surface area (Å²) in [5, 5.41) is 12.9. The molecule has 1 fully saturated rings. The molecule has 4 N–H and O–H groups in total. The average molecular weight is 276 g/mol. The summed E-state index contributed by atoms with van der Waals surface area (Å²) < 4.78 is 0. The first-order chi connectivity index (χ1) is 9.63. The van der Waals surface area contributed by atoms with Gasteiger partial charge in [-0.2, -0.15) is 0 Å². The minimum Gasteiger partial charge on any atom is -0.505 e. The van der Waals surface area contributed by atoms with Gasteiger partial charge in [0.1, 0.15) is 0 Å². The van der Waals surface area contributed by atoms with Crippen molar-refractivity contribution in [1.29, 1.82) is 0 Å². The van der Waals surface area contributed by atoms with E-state index >= 15 is 0 Å². The van der Waals surface area contributed by atoms with Crippen molar-refractivity contribution in [2.45, 2.75) is 51.5 Å². The van der Waals surface area contributed by atoms with Crippen molar-refractivity contribution < 1.29 is 9.90 Å². The molecular weight excluding hydrogens is 252 g/mol. The maximum atomic E-state index is 12.3. The van der Waals surface area contributed by atoms with Crippen LogP contribution < -0.4 is 11.1 Å². The predicted molar refractivity (Wildman–Crippen MR) is 80.6 cm³/mol. The van der Waals surface area contributed by atoms with E-state index in [2.05, 4.69) is 12.2 Å². The molecule has 1 aliphatic carbocycles. The first-order valence-corrected chi connectivity index (χ1v) is 7.51. The fourth-order valence-electron chi connectivity index (χ4n) is 3.08. The normalized spacial score (nSPS) is 17.6. The van der Waals surface area contributed by atoms with Gasteiger partial charge >= 0.3 is 0 Å². The van der Waals surface area contributed by atoms with Crippen LogP contribution >= 0.6 is 0 Å². The Morgan fingerprint density at radius 2 is 2.10 bits per heavy atom. The maximum Gasteiger partial charge on any atom is 0.255 e. The molecule has 2 rings (SSSR count). The summed E-state index contributed by atoms with van der Waals surface area (Å²) >= 11 is 0. The number of nitrogen functional groups attached to an aromatic ring is 1. The largest absolute Gasteiger partial charge is 0.505 e. The lowest BCUT2D eigenvalue weighted by Crippen LogP contribution is -2.40. The second-order valence-corrected chi connectivity index (χ2v) is 5.63. The summed E-state index contributed by atoms with van der Waals surface area (Å²) in [7, 11) is 0. The number of hydrogen-bond donors (Lipinski definition) is 3. The second-order valence-electron chi connectivity index (χ2n) is 5.63. The molecule has 1 unspecified atom stereocenters. The number of aromatic hydroxyl groups is 1. The van der Waals surface area contributed by atoms with Crippen molar-refractivity contribution >= 4 is 11.6 Å². The molecular formula is C16H24N2O2. The van der Waals surface area contributed by atoms with Gasteiger partial charge in [0.15, 0.2) is 5.75 Å². The van der Waals surface area contributed by atoms with E-state index in [4.69, 9.17) is 5.73 Å². The Labute approximate surface area is 120 Å². The van der Waals surface area contributed by atoms with Gasteiger partial charge in [-0.05, 0) is 37.3 Å². The van der Waals surface area contributed by atoms with E-state index in [-0.39, 0.29) is 28.9 Å². The van der Waals surface area contributed by atoms with E-state index in [0.717, 1.165) is 6.42 Å². The fraction of sp³-hybridized carbons (Fsp3) is 0.562. The van der Waals surface area contributed by atoms with Crippen molar-refractivity contribution in [2.24, 2.45) is 5.92 Å². The van der Waals surface area contributed by atoms with Crippen molar-refractivity contribution in [3.05, 3.63) is 23.8 Å². The highest BCUT2D eigenvalue weighted by Gasteiger charge is 2.25. The molecule has 110 valence electrons. The van der Waals surface area contributed by atoms with Gasteiger partial charge < -0.3 is 16.2 Å². The number of hydrogen-bond acceptors (Lipinski definition) is 3. The molecule has 4 heteroatoms. The Balaban J connectivity index is 2.06. The molecule has 1 aromatic carbocycles. The Bertz CT molecular complexity index is 468. The molecule has 0 aromatic heterocycles. The molecule has 20 heavy (non-hydrogen) atoms. The first-order valence-electron chi connectivity index (χ1n) is 7.51. The molecule has 1 saturated carbocycles. The Hall–Kier alpha value is -1.71. The summed E-state index contributed by atoms with van der Waals surface area (Å²) in [5.74, 6) is 0.205. The zero-order valence-corrected chi connectivity index (χ0v) is 12.1. The molecule has 0 saturated heterocycles. The van der Waals surface area contributed by atoms with Gasteiger partial charge in [-0.25, -0.2) is 0 Å². The molecule has 1 amide bonds. The third kappa shape index (κ3) is 3.24. The number of nitrogens with one attached hydrogen (secondary N) is 1. The SMILES string of the molecule is CCC(NC(=O)c1cccc(N)c1O)C1CCCCC1. The van der Waals surface area contributed by atoms with Gasteiger partial charge in [-0.15, -0.1) is 0 Å². The number of rotatable bonds is 4. The predicted octanol–water partition coefficient (Wildman–Crippen LogP) is 3.06. The highest BCUT2D eigenvalue weighted by Crippen LogP contribution is 2.29. The van der Waals surface area contributed by atoms with Gasteiger partial charge in [-0.3, -0.25) is 4.79 Å². The minimum atomic E-state index is -0.229. The van der Waals surface area contributed by atoms with Gasteiger partial charge in [0, 0.05) is 6.04 Å². The zero-order chi connectivity index (χ0) is 14.5. The number of nitrogens with two attached hydrogens (primary N) is 1. The molecule has 0 bridgehead atoms. The molecule has 1 aromatic rings. The van der Waals surface area contributed by atoms with Gasteiger partial charge in [0.05, 0.1) is 11.3 Å². The Morgan fingerprint density at radius 3 is 2.75 bits per heavy atom. The highest BCUT2D eigenvalue weighted by atomic mass is 16.3. The van der Waals surface area contributed by atoms with E-state index in [9.17, 15) is 9.90 Å². The van der Waals surface area contributed by atoms with Crippen LogP contribution in [0.1, 0.15) is 55.8 Å². The van der Waals surface area contributed by atoms with Crippen LogP contribution in [-0.4, -0.2) is 17.1 Å². The van der Waals surface area contributed by atoms with Crippen LogP contribution in [0.4, 0.5) is 5.69 Å². The molecule has 0 heterocycles. The lowest BCUT2D eigenvalue weighted by atomic mass is 9.83. The van der Waals surface area contributed by atoms with E-state index in [1.54, 1.807) is 18.2 Å². The smallest absolute Gasteiger partial charge is 0.255 e. The van der Waals surface area contributed by atoms with Crippen LogP contribution in [0.25, 0.3) is 0 Å². The number of phenolic OH excluding ortho intramolecular Hbond substituents is 1. The minimum absolute atomic E-state index is 0.122. The van der Waals surface area contributed by atoms with Crippen LogP contribution in [0.3, 0.4) is 0 Å². The van der Waals surface area contributed by atoms with Crippen LogP contribution in [0.2, 0.25) is 0 Å². The van der Waals surface area contributed by atoms with Crippen LogP contribution in [-0.2, 0) is 0 Å². The quantitative estimate of drug-likeness (QED) is 0.584. The van der Waals surface area contributed by atoms with Crippen LogP contribution in [0.5, 0.6) is 5.75 Å². The second kappa shape index (κ2) is 6.64. The Morgan fingerprint density at radius 1 is 1.40 bits per heavy atom. The molecule has 0 radical (unpaired) electrons. The summed E-state index contributed by atoms with van der Waals surface area (Å²) in [6.45, 7) is 2.10. The van der Waals surface area contributed by atoms with Crippen molar-refractivity contribution in [2.75, 3.05) is 5.73 Å². The van der Waals surface area contributed by atoms with Gasteiger partial charge in [0.2, 0.25) is 0 Å². The number of anilines is 1. The summed E-state index contributed by atoms with van der Waals surface area (Å²) in [6, 6.07) is 5.06. The fourth-order valence-corrected chi connectivity index (χ4v) is 3.08. The zero-order valence-electron chi connectivity index (χ0n) is 12.1. The van der Waals surface area contributed by atoms with Crippen molar-refractivity contribution in [1.82, 2.24) is 5.32 Å². The number of amides is 1. The summed E-state index contributed by atoms with van der Waals surface area (Å²) in [4.78, 5) is 12.3. The van der Waals surface area contributed by atoms with E-state index in [1.807, 2.05) is 0 Å². The number of carbonyl (C=O) groups is 1. The Kier molecular flexibility index (Phi) is 4.88. The molecule has 1 aliphatic rings. The molecule has 0 spiro atoms. The summed E-state index contributed by atoms with van der Waals surface area (Å²) in [6.07, 6.45) is 7.08. The lowest BCUT2D eigenvalue weighted by Gasteiger charge is -2.30. The number of para-hydroxylation sites is 1. The molecule has 4 nitrogen and oxygen atoms in total. The molecule has 1 atom stereocenters. The van der Waals surface area contributed by atoms with Gasteiger partial charge in [0.25, 0.3) is 5.91 Å². The van der Waals surface area contributed by atoms with Crippen LogP contribution in [0, 0.1) is 5.92 Å². The number of carbonyl (C=O) groups excluding carboxylic acids is 1. The highest BCUT2D eigenvalue weighted by molar-refractivity contribution is 5.98.